The van der Waals surface area contributed by atoms with E-state index < -0.39 is 17.9 Å². The van der Waals surface area contributed by atoms with Gasteiger partial charge in [-0.25, -0.2) is 4.79 Å². The van der Waals surface area contributed by atoms with Crippen LogP contribution in [0.5, 0.6) is 0 Å². The molecule has 7 heteroatoms. The molecular weight excluding hydrogens is 262 g/mol. The summed E-state index contributed by atoms with van der Waals surface area (Å²) in [5.74, 6) is -1.38. The molecule has 0 saturated carbocycles. The average molecular weight is 285 g/mol. The third-order valence-electron chi connectivity index (χ3n) is 3.45. The smallest absolute Gasteiger partial charge is 0.321 e. The number of carboxylic acid groups (broad SMARTS) is 1. The summed E-state index contributed by atoms with van der Waals surface area (Å²) >= 11 is 0. The van der Waals surface area contributed by atoms with E-state index in [0.29, 0.717) is 12.6 Å². The molecule has 0 radical (unpaired) electrons. The Morgan fingerprint density at radius 2 is 2.05 bits per heavy atom. The first kappa shape index (κ1) is 16.4. The van der Waals surface area contributed by atoms with Crippen molar-refractivity contribution in [3.05, 3.63) is 0 Å². The minimum Gasteiger partial charge on any atom is -0.481 e. The quantitative estimate of drug-likeness (QED) is 0.634. The Morgan fingerprint density at radius 1 is 1.30 bits per heavy atom. The number of hydrogen-bond donors (Lipinski definition) is 3. The van der Waals surface area contributed by atoms with Gasteiger partial charge < -0.3 is 10.4 Å². The molecule has 0 aromatic carbocycles. The number of likely N-dealkylation sites (N-methyl/N-ethyl adjacent to an activating group) is 1. The number of carbonyl (C=O) groups is 3. The number of nitrogens with zero attached hydrogens (tertiary/aromatic N) is 1. The average Bonchev–Trinajstić information content (AvgIpc) is 2.83. The molecule has 114 valence electrons. The summed E-state index contributed by atoms with van der Waals surface area (Å²) in [7, 11) is 0. The number of hydrogen-bond acceptors (Lipinski definition) is 4. The molecule has 0 aromatic heterocycles. The minimum atomic E-state index is -0.942. The van der Waals surface area contributed by atoms with E-state index in [2.05, 4.69) is 22.5 Å². The van der Waals surface area contributed by atoms with Crippen molar-refractivity contribution < 1.29 is 19.5 Å². The molecule has 1 atom stereocenters. The Labute approximate surface area is 118 Å². The number of likely N-dealkylation sites (tertiary alicyclic amines) is 1. The largest absolute Gasteiger partial charge is 0.481 e. The standard InChI is InChI=1S/C13H23N3O4/c1-2-16-8-4-5-10(16)9-14-13(20)15-11(17)6-3-7-12(18)19/h10H,2-9H2,1H3,(H,18,19)(H2,14,15,17,20). The summed E-state index contributed by atoms with van der Waals surface area (Å²) in [6.45, 7) is 4.63. The lowest BCUT2D eigenvalue weighted by atomic mass is 10.2. The van der Waals surface area contributed by atoms with Gasteiger partial charge in [-0.3, -0.25) is 19.8 Å². The third-order valence-corrected chi connectivity index (χ3v) is 3.45. The molecule has 1 unspecified atom stereocenters. The van der Waals surface area contributed by atoms with Crippen molar-refractivity contribution in [2.24, 2.45) is 0 Å². The fourth-order valence-electron chi connectivity index (χ4n) is 2.39. The van der Waals surface area contributed by atoms with E-state index >= 15 is 0 Å². The lowest BCUT2D eigenvalue weighted by Crippen LogP contribution is -2.45. The second kappa shape index (κ2) is 8.52. The van der Waals surface area contributed by atoms with E-state index in [-0.39, 0.29) is 19.3 Å². The van der Waals surface area contributed by atoms with Gasteiger partial charge >= 0.3 is 12.0 Å². The van der Waals surface area contributed by atoms with Gasteiger partial charge in [0.25, 0.3) is 0 Å². The zero-order valence-electron chi connectivity index (χ0n) is 11.9. The SMILES string of the molecule is CCN1CCCC1CNC(=O)NC(=O)CCCC(=O)O. The van der Waals surface area contributed by atoms with Crippen LogP contribution in [0.2, 0.25) is 0 Å². The molecule has 1 aliphatic rings. The molecule has 0 aliphatic carbocycles. The maximum absolute atomic E-state index is 11.5. The lowest BCUT2D eigenvalue weighted by Gasteiger charge is -2.22. The van der Waals surface area contributed by atoms with Crippen molar-refractivity contribution in [1.82, 2.24) is 15.5 Å². The molecule has 1 aliphatic heterocycles. The van der Waals surface area contributed by atoms with Gasteiger partial charge in [-0.1, -0.05) is 6.92 Å². The Bertz CT molecular complexity index is 360. The highest BCUT2D eigenvalue weighted by atomic mass is 16.4. The zero-order chi connectivity index (χ0) is 15.0. The van der Waals surface area contributed by atoms with E-state index in [9.17, 15) is 14.4 Å². The van der Waals surface area contributed by atoms with Gasteiger partial charge in [-0.2, -0.15) is 0 Å². The molecule has 1 fully saturated rings. The normalized spacial score (nSPS) is 18.8. The van der Waals surface area contributed by atoms with Crippen LogP contribution in [-0.2, 0) is 9.59 Å². The molecule has 0 aromatic rings. The fraction of sp³-hybridized carbons (Fsp3) is 0.769. The Kier molecular flexibility index (Phi) is 7.00. The van der Waals surface area contributed by atoms with Crippen molar-refractivity contribution in [1.29, 1.82) is 0 Å². The zero-order valence-corrected chi connectivity index (χ0v) is 11.9. The van der Waals surface area contributed by atoms with Gasteiger partial charge in [-0.15, -0.1) is 0 Å². The van der Waals surface area contributed by atoms with Crippen LogP contribution in [0.25, 0.3) is 0 Å². The van der Waals surface area contributed by atoms with Crippen LogP contribution < -0.4 is 10.6 Å². The van der Waals surface area contributed by atoms with Crippen molar-refractivity contribution >= 4 is 17.9 Å². The lowest BCUT2D eigenvalue weighted by molar-refractivity contribution is -0.137. The van der Waals surface area contributed by atoms with Gasteiger partial charge in [0, 0.05) is 25.4 Å². The summed E-state index contributed by atoms with van der Waals surface area (Å²) in [5, 5.41) is 13.3. The van der Waals surface area contributed by atoms with Gasteiger partial charge in [-0.05, 0) is 32.4 Å². The molecule has 1 heterocycles. The number of aliphatic carboxylic acids is 1. The molecule has 7 nitrogen and oxygen atoms in total. The number of carboxylic acids is 1. The van der Waals surface area contributed by atoms with Crippen LogP contribution >= 0.6 is 0 Å². The summed E-state index contributed by atoms with van der Waals surface area (Å²) in [6.07, 6.45) is 2.41. The molecule has 20 heavy (non-hydrogen) atoms. The second-order valence-electron chi connectivity index (χ2n) is 4.93. The van der Waals surface area contributed by atoms with Crippen molar-refractivity contribution in [3.8, 4) is 0 Å². The number of amides is 3. The molecule has 0 spiro atoms. The Hall–Kier alpha value is -1.63. The highest BCUT2D eigenvalue weighted by Crippen LogP contribution is 2.15. The number of nitrogens with one attached hydrogen (secondary N) is 2. The van der Waals surface area contributed by atoms with Crippen LogP contribution in [-0.4, -0.2) is 53.6 Å². The van der Waals surface area contributed by atoms with Crippen LogP contribution in [0.4, 0.5) is 4.79 Å². The molecule has 1 saturated heterocycles. The Morgan fingerprint density at radius 3 is 2.70 bits per heavy atom. The van der Waals surface area contributed by atoms with Gasteiger partial charge in [0.15, 0.2) is 0 Å². The van der Waals surface area contributed by atoms with E-state index in [1.54, 1.807) is 0 Å². The number of urea groups is 1. The minimum absolute atomic E-state index is 0.0459. The predicted octanol–water partition coefficient (Wildman–Crippen LogP) is 0.551. The second-order valence-corrected chi connectivity index (χ2v) is 4.93. The molecule has 3 N–H and O–H groups in total. The first-order chi connectivity index (χ1) is 9.52. The van der Waals surface area contributed by atoms with Crippen molar-refractivity contribution in [2.75, 3.05) is 19.6 Å². The predicted molar refractivity (Wildman–Crippen MR) is 73.3 cm³/mol. The van der Waals surface area contributed by atoms with E-state index in [4.69, 9.17) is 5.11 Å². The maximum atomic E-state index is 11.5. The van der Waals surface area contributed by atoms with Gasteiger partial charge in [0.05, 0.1) is 0 Å². The first-order valence-electron chi connectivity index (χ1n) is 7.06. The van der Waals surface area contributed by atoms with Crippen LogP contribution in [0.1, 0.15) is 39.0 Å². The Balaban J connectivity index is 2.16. The van der Waals surface area contributed by atoms with Crippen molar-refractivity contribution in [2.45, 2.75) is 45.1 Å². The van der Waals surface area contributed by atoms with E-state index in [1.165, 1.54) is 0 Å². The highest BCUT2D eigenvalue weighted by molar-refractivity contribution is 5.94. The molecule has 3 amide bonds. The number of rotatable bonds is 7. The van der Waals surface area contributed by atoms with Crippen molar-refractivity contribution in [3.63, 3.8) is 0 Å². The van der Waals surface area contributed by atoms with Crippen LogP contribution in [0.3, 0.4) is 0 Å². The summed E-state index contributed by atoms with van der Waals surface area (Å²) in [4.78, 5) is 35.5. The third kappa shape index (κ3) is 6.01. The van der Waals surface area contributed by atoms with Gasteiger partial charge in [0.1, 0.15) is 0 Å². The fourth-order valence-corrected chi connectivity index (χ4v) is 2.39. The summed E-state index contributed by atoms with van der Waals surface area (Å²) in [6, 6.07) is -0.166. The number of carbonyl (C=O) groups excluding carboxylic acids is 2. The summed E-state index contributed by atoms with van der Waals surface area (Å²) in [5.41, 5.74) is 0. The monoisotopic (exact) mass is 285 g/mol. The molecule has 0 bridgehead atoms. The van der Waals surface area contributed by atoms with Gasteiger partial charge in [0.2, 0.25) is 5.91 Å². The summed E-state index contributed by atoms with van der Waals surface area (Å²) < 4.78 is 0. The molecular formula is C13H23N3O4. The molecule has 1 rings (SSSR count). The first-order valence-corrected chi connectivity index (χ1v) is 7.06. The maximum Gasteiger partial charge on any atom is 0.321 e. The van der Waals surface area contributed by atoms with E-state index in [1.807, 2.05) is 0 Å². The van der Waals surface area contributed by atoms with E-state index in [0.717, 1.165) is 25.9 Å². The highest BCUT2D eigenvalue weighted by Gasteiger charge is 2.23. The van der Waals surface area contributed by atoms with Crippen LogP contribution in [0.15, 0.2) is 0 Å². The topological polar surface area (TPSA) is 98.7 Å². The number of imide groups is 1. The van der Waals surface area contributed by atoms with Crippen LogP contribution in [0, 0.1) is 0 Å².